The fourth-order valence-electron chi connectivity index (χ4n) is 2.71. The van der Waals surface area contributed by atoms with Crippen molar-refractivity contribution < 1.29 is 0 Å². The van der Waals surface area contributed by atoms with Gasteiger partial charge in [0.2, 0.25) is 0 Å². The van der Waals surface area contributed by atoms with Crippen LogP contribution < -0.4 is 5.73 Å². The summed E-state index contributed by atoms with van der Waals surface area (Å²) in [6.45, 7) is 6.80. The van der Waals surface area contributed by atoms with Gasteiger partial charge in [0.15, 0.2) is 0 Å². The van der Waals surface area contributed by atoms with E-state index in [1.54, 1.807) is 0 Å². The summed E-state index contributed by atoms with van der Waals surface area (Å²) in [7, 11) is 0. The Hall–Kier alpha value is -0.820. The predicted molar refractivity (Wildman–Crippen MR) is 74.3 cm³/mol. The average Bonchev–Trinajstić information content (AvgIpc) is 2.29. The van der Waals surface area contributed by atoms with Crippen molar-refractivity contribution in [3.8, 4) is 0 Å². The molecule has 0 spiro atoms. The van der Waals surface area contributed by atoms with Gasteiger partial charge in [-0.05, 0) is 48.1 Å². The lowest BCUT2D eigenvalue weighted by Gasteiger charge is -2.27. The Kier molecular flexibility index (Phi) is 3.58. The Morgan fingerprint density at radius 2 is 1.47 bits per heavy atom. The lowest BCUT2D eigenvalue weighted by Crippen LogP contribution is -2.25. The first-order chi connectivity index (χ1) is 7.97. The van der Waals surface area contributed by atoms with Crippen molar-refractivity contribution in [1.29, 1.82) is 0 Å². The normalized spacial score (nSPS) is 25.9. The summed E-state index contributed by atoms with van der Waals surface area (Å²) in [5.41, 5.74) is 9.14. The van der Waals surface area contributed by atoms with E-state index in [0.717, 1.165) is 5.92 Å². The maximum absolute atomic E-state index is 5.96. The molecule has 0 aliphatic heterocycles. The maximum Gasteiger partial charge on any atom is 0.00392 e. The molecule has 0 heterocycles. The molecule has 17 heavy (non-hydrogen) atoms. The van der Waals surface area contributed by atoms with Crippen LogP contribution in [-0.2, 0) is 5.41 Å². The second kappa shape index (κ2) is 4.81. The Morgan fingerprint density at radius 3 is 1.94 bits per heavy atom. The molecule has 0 atom stereocenters. The van der Waals surface area contributed by atoms with E-state index in [0.29, 0.717) is 6.04 Å². The first-order valence-corrected chi connectivity index (χ1v) is 6.83. The highest BCUT2D eigenvalue weighted by Crippen LogP contribution is 2.33. The van der Waals surface area contributed by atoms with Crippen LogP contribution in [0, 0.1) is 0 Å². The summed E-state index contributed by atoms with van der Waals surface area (Å²) >= 11 is 0. The van der Waals surface area contributed by atoms with E-state index in [9.17, 15) is 0 Å². The van der Waals surface area contributed by atoms with E-state index in [1.165, 1.54) is 36.8 Å². The highest BCUT2D eigenvalue weighted by molar-refractivity contribution is 5.29. The van der Waals surface area contributed by atoms with Crippen LogP contribution >= 0.6 is 0 Å². The van der Waals surface area contributed by atoms with Crippen LogP contribution in [0.15, 0.2) is 24.3 Å². The van der Waals surface area contributed by atoms with Crippen molar-refractivity contribution in [2.45, 2.75) is 63.8 Å². The Balaban J connectivity index is 2.08. The fourth-order valence-corrected chi connectivity index (χ4v) is 2.71. The van der Waals surface area contributed by atoms with Gasteiger partial charge in [0.05, 0.1) is 0 Å². The van der Waals surface area contributed by atoms with Crippen LogP contribution in [0.25, 0.3) is 0 Å². The van der Waals surface area contributed by atoms with Crippen LogP contribution in [0.4, 0.5) is 0 Å². The largest absolute Gasteiger partial charge is 0.328 e. The van der Waals surface area contributed by atoms with Crippen molar-refractivity contribution in [2.24, 2.45) is 5.73 Å². The van der Waals surface area contributed by atoms with Gasteiger partial charge in [0, 0.05) is 6.04 Å². The molecule has 94 valence electrons. The second-order valence-electron chi connectivity index (χ2n) is 6.48. The molecule has 1 aromatic rings. The fraction of sp³-hybridized carbons (Fsp3) is 0.625. The van der Waals surface area contributed by atoms with E-state index < -0.39 is 0 Å². The predicted octanol–water partition coefficient (Wildman–Crippen LogP) is 3.97. The summed E-state index contributed by atoms with van der Waals surface area (Å²) in [4.78, 5) is 0. The summed E-state index contributed by atoms with van der Waals surface area (Å²) in [5, 5.41) is 0. The van der Waals surface area contributed by atoms with Gasteiger partial charge in [0.1, 0.15) is 0 Å². The van der Waals surface area contributed by atoms with Gasteiger partial charge in [-0.3, -0.25) is 0 Å². The molecular weight excluding hydrogens is 206 g/mol. The van der Waals surface area contributed by atoms with Crippen LogP contribution in [0.2, 0.25) is 0 Å². The molecule has 1 aliphatic carbocycles. The first-order valence-electron chi connectivity index (χ1n) is 6.83. The molecule has 0 bridgehead atoms. The van der Waals surface area contributed by atoms with Crippen LogP contribution in [0.3, 0.4) is 0 Å². The zero-order valence-electron chi connectivity index (χ0n) is 11.4. The Bertz CT molecular complexity index is 350. The van der Waals surface area contributed by atoms with Crippen molar-refractivity contribution in [1.82, 2.24) is 0 Å². The van der Waals surface area contributed by atoms with Gasteiger partial charge < -0.3 is 5.73 Å². The minimum atomic E-state index is 0.257. The van der Waals surface area contributed by atoms with Crippen molar-refractivity contribution in [3.63, 3.8) is 0 Å². The number of hydrogen-bond acceptors (Lipinski definition) is 1. The molecule has 1 fully saturated rings. The van der Waals surface area contributed by atoms with Crippen LogP contribution in [-0.4, -0.2) is 6.04 Å². The van der Waals surface area contributed by atoms with Crippen LogP contribution in [0.1, 0.15) is 63.5 Å². The number of rotatable bonds is 1. The van der Waals surface area contributed by atoms with Gasteiger partial charge in [-0.2, -0.15) is 0 Å². The molecule has 0 unspecified atom stereocenters. The lowest BCUT2D eigenvalue weighted by molar-refractivity contribution is 0.395. The van der Waals surface area contributed by atoms with Gasteiger partial charge in [0.25, 0.3) is 0 Å². The van der Waals surface area contributed by atoms with E-state index >= 15 is 0 Å². The maximum atomic E-state index is 5.96. The average molecular weight is 231 g/mol. The molecule has 0 radical (unpaired) electrons. The third-order valence-electron chi connectivity index (χ3n) is 4.02. The molecule has 1 heteroatoms. The highest BCUT2D eigenvalue weighted by Gasteiger charge is 2.20. The number of nitrogens with two attached hydrogens (primary N) is 1. The topological polar surface area (TPSA) is 26.0 Å². The first kappa shape index (κ1) is 12.6. The van der Waals surface area contributed by atoms with Crippen molar-refractivity contribution in [3.05, 3.63) is 35.4 Å². The number of benzene rings is 1. The van der Waals surface area contributed by atoms with Gasteiger partial charge >= 0.3 is 0 Å². The van der Waals surface area contributed by atoms with E-state index in [1.807, 2.05) is 0 Å². The molecular formula is C16H25N. The third-order valence-corrected chi connectivity index (χ3v) is 4.02. The molecule has 0 aromatic heterocycles. The molecule has 1 aromatic carbocycles. The van der Waals surface area contributed by atoms with Crippen LogP contribution in [0.5, 0.6) is 0 Å². The van der Waals surface area contributed by atoms with E-state index in [-0.39, 0.29) is 5.41 Å². The quantitative estimate of drug-likeness (QED) is 0.777. The minimum Gasteiger partial charge on any atom is -0.328 e. The lowest BCUT2D eigenvalue weighted by atomic mass is 9.80. The SMILES string of the molecule is CC(C)(C)c1ccc([C@H]2CC[C@H](N)CC2)cc1. The Morgan fingerprint density at radius 1 is 0.941 bits per heavy atom. The van der Waals surface area contributed by atoms with E-state index in [2.05, 4.69) is 45.0 Å². The minimum absolute atomic E-state index is 0.257. The smallest absolute Gasteiger partial charge is 0.00392 e. The molecule has 1 aliphatic rings. The summed E-state index contributed by atoms with van der Waals surface area (Å²) < 4.78 is 0. The molecule has 2 rings (SSSR count). The van der Waals surface area contributed by atoms with E-state index in [4.69, 9.17) is 5.73 Å². The molecule has 2 N–H and O–H groups in total. The highest BCUT2D eigenvalue weighted by atomic mass is 14.6. The second-order valence-corrected chi connectivity index (χ2v) is 6.48. The van der Waals surface area contributed by atoms with Gasteiger partial charge in [-0.1, -0.05) is 45.0 Å². The molecule has 0 saturated heterocycles. The third kappa shape index (κ3) is 3.10. The zero-order valence-corrected chi connectivity index (χ0v) is 11.4. The summed E-state index contributed by atoms with van der Waals surface area (Å²) in [5.74, 6) is 0.740. The summed E-state index contributed by atoms with van der Waals surface area (Å²) in [6, 6.07) is 9.68. The summed E-state index contributed by atoms with van der Waals surface area (Å²) in [6.07, 6.45) is 4.89. The zero-order chi connectivity index (χ0) is 12.5. The monoisotopic (exact) mass is 231 g/mol. The molecule has 1 saturated carbocycles. The van der Waals surface area contributed by atoms with Crippen molar-refractivity contribution >= 4 is 0 Å². The Labute approximate surface area is 105 Å². The number of hydrogen-bond donors (Lipinski definition) is 1. The molecule has 0 amide bonds. The molecule has 1 nitrogen and oxygen atoms in total. The van der Waals surface area contributed by atoms with Gasteiger partial charge in [-0.25, -0.2) is 0 Å². The standard InChI is InChI=1S/C16H25N/c1-16(2,3)14-8-4-12(5-9-14)13-6-10-15(17)11-7-13/h4-5,8-9,13,15H,6-7,10-11,17H2,1-3H3/t13-,15-. The van der Waals surface area contributed by atoms with Gasteiger partial charge in [-0.15, -0.1) is 0 Å². The van der Waals surface area contributed by atoms with Crippen molar-refractivity contribution in [2.75, 3.05) is 0 Å².